The summed E-state index contributed by atoms with van der Waals surface area (Å²) in [6.45, 7) is -1.62. The smallest absolute Gasteiger partial charge is 0.317 e. The molecule has 0 radical (unpaired) electrons. The summed E-state index contributed by atoms with van der Waals surface area (Å²) < 4.78 is 38.4. The fourth-order valence-corrected chi connectivity index (χ4v) is 5.69. The van der Waals surface area contributed by atoms with Crippen LogP contribution in [0.1, 0.15) is 30.1 Å². The molecular formula is C33H36O23. The molecule has 306 valence electrons. The van der Waals surface area contributed by atoms with Gasteiger partial charge in [0, 0.05) is 17.7 Å². The second-order valence-corrected chi connectivity index (χ2v) is 12.6. The number of fused-ring (bicyclic) bond motifs is 1. The van der Waals surface area contributed by atoms with Crippen LogP contribution in [0.2, 0.25) is 0 Å². The third-order valence-corrected chi connectivity index (χ3v) is 8.51. The van der Waals surface area contributed by atoms with E-state index in [-0.39, 0.29) is 16.9 Å². The Balaban J connectivity index is 1.48. The van der Waals surface area contributed by atoms with Gasteiger partial charge in [0.1, 0.15) is 97.9 Å². The van der Waals surface area contributed by atoms with Gasteiger partial charge in [-0.05, 0) is 18.2 Å². The SMILES string of the molecule is O=C(O)CC(=O)OC[C@H]1O[C@@H](OC2=Cc3c(cc(O)cc3O[C@@H]3O[C@H](COC(=O)CC(=O)O)[C@@H](O)[C@H](O)[C@H]3O)OC2c2cc(O)c(O)c(O)c2)[C@H](O)[C@@H](O)[C@@H]1O. The van der Waals surface area contributed by atoms with Gasteiger partial charge in [0.05, 0.1) is 5.56 Å². The molecule has 0 bridgehead atoms. The Morgan fingerprint density at radius 1 is 0.625 bits per heavy atom. The number of carbonyl (C=O) groups is 4. The highest BCUT2D eigenvalue weighted by molar-refractivity contribution is 5.90. The minimum Gasteiger partial charge on any atom is -0.508 e. The maximum Gasteiger partial charge on any atom is 0.317 e. The number of aliphatic hydroxyl groups excluding tert-OH is 6. The summed E-state index contributed by atoms with van der Waals surface area (Å²) in [5, 5.41) is 122. The lowest BCUT2D eigenvalue weighted by Gasteiger charge is -2.41. The molecule has 12 N–H and O–H groups in total. The maximum absolute atomic E-state index is 11.8. The monoisotopic (exact) mass is 800 g/mol. The summed E-state index contributed by atoms with van der Waals surface area (Å²) >= 11 is 0. The fraction of sp³-hybridized carbons (Fsp3) is 0.455. The lowest BCUT2D eigenvalue weighted by molar-refractivity contribution is -0.294. The number of benzene rings is 2. The predicted molar refractivity (Wildman–Crippen MR) is 172 cm³/mol. The van der Waals surface area contributed by atoms with E-state index in [0.29, 0.717) is 0 Å². The van der Waals surface area contributed by atoms with E-state index in [4.69, 9.17) is 43.4 Å². The van der Waals surface area contributed by atoms with Gasteiger partial charge in [0.25, 0.3) is 0 Å². The van der Waals surface area contributed by atoms with E-state index >= 15 is 0 Å². The number of esters is 2. The Morgan fingerprint density at radius 2 is 1.11 bits per heavy atom. The molecule has 23 heteroatoms. The van der Waals surface area contributed by atoms with Gasteiger partial charge in [-0.1, -0.05) is 0 Å². The van der Waals surface area contributed by atoms with Gasteiger partial charge in [0.15, 0.2) is 23.4 Å². The molecule has 3 heterocycles. The normalized spacial score (nSPS) is 29.8. The molecule has 56 heavy (non-hydrogen) atoms. The number of carboxylic acids is 2. The zero-order chi connectivity index (χ0) is 41.2. The molecule has 0 saturated carbocycles. The Labute approximate surface area is 312 Å². The molecule has 2 aromatic carbocycles. The largest absolute Gasteiger partial charge is 0.508 e. The Hall–Kier alpha value is -5.66. The van der Waals surface area contributed by atoms with Crippen LogP contribution in [0.3, 0.4) is 0 Å². The van der Waals surface area contributed by atoms with Crippen molar-refractivity contribution in [3.05, 3.63) is 41.2 Å². The van der Waals surface area contributed by atoms with Crippen molar-refractivity contribution < 1.29 is 114 Å². The number of carbonyl (C=O) groups excluding carboxylic acids is 2. The van der Waals surface area contributed by atoms with Crippen molar-refractivity contribution in [1.82, 2.24) is 0 Å². The Kier molecular flexibility index (Phi) is 12.6. The number of hydrogen-bond donors (Lipinski definition) is 12. The number of aliphatic carboxylic acids is 2. The van der Waals surface area contributed by atoms with E-state index < -0.39 is 152 Å². The van der Waals surface area contributed by atoms with Gasteiger partial charge in [-0.3, -0.25) is 19.2 Å². The molecule has 0 aliphatic carbocycles. The van der Waals surface area contributed by atoms with Gasteiger partial charge in [-0.25, -0.2) is 0 Å². The van der Waals surface area contributed by atoms with Crippen molar-refractivity contribution in [2.45, 2.75) is 80.4 Å². The van der Waals surface area contributed by atoms with Crippen molar-refractivity contribution >= 4 is 30.0 Å². The topological polar surface area (TPSA) is 376 Å². The first-order chi connectivity index (χ1) is 26.3. The molecule has 3 aliphatic heterocycles. The van der Waals surface area contributed by atoms with Crippen molar-refractivity contribution in [2.75, 3.05) is 13.2 Å². The van der Waals surface area contributed by atoms with Crippen LogP contribution >= 0.6 is 0 Å². The molecule has 0 spiro atoms. The second kappa shape index (κ2) is 17.0. The number of ether oxygens (including phenoxy) is 7. The average molecular weight is 801 g/mol. The van der Waals surface area contributed by atoms with Gasteiger partial charge >= 0.3 is 23.9 Å². The molecule has 3 aliphatic rings. The molecule has 5 rings (SSSR count). The third-order valence-electron chi connectivity index (χ3n) is 8.51. The lowest BCUT2D eigenvalue weighted by atomic mass is 9.98. The predicted octanol–water partition coefficient (Wildman–Crippen LogP) is -2.97. The van der Waals surface area contributed by atoms with Crippen LogP contribution in [-0.2, 0) is 42.9 Å². The number of aromatic hydroxyl groups is 4. The van der Waals surface area contributed by atoms with Gasteiger partial charge in [-0.15, -0.1) is 0 Å². The first-order valence-electron chi connectivity index (χ1n) is 16.3. The lowest BCUT2D eigenvalue weighted by Crippen LogP contribution is -2.60. The summed E-state index contributed by atoms with van der Waals surface area (Å²) in [5.74, 6) is -9.65. The molecule has 2 aromatic rings. The average Bonchev–Trinajstić information content (AvgIpc) is 3.12. The summed E-state index contributed by atoms with van der Waals surface area (Å²) in [7, 11) is 0. The van der Waals surface area contributed by atoms with Crippen LogP contribution in [0.4, 0.5) is 0 Å². The van der Waals surface area contributed by atoms with Gasteiger partial charge in [-0.2, -0.15) is 0 Å². The van der Waals surface area contributed by atoms with E-state index in [1.165, 1.54) is 0 Å². The van der Waals surface area contributed by atoms with Crippen LogP contribution in [0.15, 0.2) is 30.0 Å². The summed E-state index contributed by atoms with van der Waals surface area (Å²) in [6.07, 6.45) is -21.4. The minimum absolute atomic E-state index is 0.144. The molecule has 0 aromatic heterocycles. The van der Waals surface area contributed by atoms with Gasteiger partial charge in [0.2, 0.25) is 12.6 Å². The summed E-state index contributed by atoms with van der Waals surface area (Å²) in [4.78, 5) is 45.2. The van der Waals surface area contributed by atoms with Crippen LogP contribution in [-0.4, -0.2) is 160 Å². The number of aliphatic hydroxyl groups is 6. The van der Waals surface area contributed by atoms with E-state index in [1.54, 1.807) is 0 Å². The van der Waals surface area contributed by atoms with E-state index in [2.05, 4.69) is 0 Å². The molecule has 23 nitrogen and oxygen atoms in total. The van der Waals surface area contributed by atoms with E-state index in [1.807, 2.05) is 0 Å². The van der Waals surface area contributed by atoms with Crippen LogP contribution < -0.4 is 9.47 Å². The number of phenols is 4. The minimum atomic E-state index is -2.05. The number of rotatable bonds is 13. The van der Waals surface area contributed by atoms with Gasteiger partial charge < -0.3 is 94.4 Å². The van der Waals surface area contributed by atoms with Crippen molar-refractivity contribution in [3.8, 4) is 34.5 Å². The first-order valence-corrected chi connectivity index (χ1v) is 16.3. The Morgan fingerprint density at radius 3 is 1.59 bits per heavy atom. The highest BCUT2D eigenvalue weighted by atomic mass is 16.7. The summed E-state index contributed by atoms with van der Waals surface area (Å²) in [6, 6.07) is 3.90. The van der Waals surface area contributed by atoms with Crippen molar-refractivity contribution in [2.24, 2.45) is 0 Å². The highest BCUT2D eigenvalue weighted by Gasteiger charge is 2.48. The maximum atomic E-state index is 11.8. The zero-order valence-corrected chi connectivity index (χ0v) is 28.4. The highest BCUT2D eigenvalue weighted by Crippen LogP contribution is 2.47. The standard InChI is InChI=1S/C33H36O23/c34-11-3-15-12(16(4-11)53-32-29(48)27(46)25(44)18(55-32)8-50-22(41)6-20(37)38)5-17(31(52-15)10-1-13(35)24(43)14(36)2-10)54-33-30(49)28(47)26(45)19(56-33)9-51-23(42)7-21(39)40/h1-5,18-19,25-36,43-49H,6-9H2,(H,37,38)(H,39,40)/t18-,19-,25-,26-,27+,28+,29-,30-,31?,32-,33-/m1/s1. The Bertz CT molecular complexity index is 1820. The quantitative estimate of drug-likeness (QED) is 0.0546. The van der Waals surface area contributed by atoms with Crippen molar-refractivity contribution in [1.29, 1.82) is 0 Å². The second-order valence-electron chi connectivity index (χ2n) is 12.6. The third kappa shape index (κ3) is 9.23. The molecule has 2 saturated heterocycles. The van der Waals surface area contributed by atoms with E-state index in [0.717, 1.165) is 30.3 Å². The molecule has 0 amide bonds. The zero-order valence-electron chi connectivity index (χ0n) is 28.4. The summed E-state index contributed by atoms with van der Waals surface area (Å²) in [5.41, 5.74) is -0.291. The molecule has 1 unspecified atom stereocenters. The number of carboxylic acid groups (broad SMARTS) is 2. The molecule has 2 fully saturated rings. The van der Waals surface area contributed by atoms with Crippen LogP contribution in [0.5, 0.6) is 34.5 Å². The first kappa shape index (κ1) is 41.5. The van der Waals surface area contributed by atoms with Crippen molar-refractivity contribution in [3.63, 3.8) is 0 Å². The molecular weight excluding hydrogens is 764 g/mol. The fourth-order valence-electron chi connectivity index (χ4n) is 5.69. The van der Waals surface area contributed by atoms with Crippen LogP contribution in [0.25, 0.3) is 6.08 Å². The molecule has 11 atom stereocenters. The van der Waals surface area contributed by atoms with E-state index in [9.17, 15) is 70.2 Å². The van der Waals surface area contributed by atoms with Crippen LogP contribution in [0, 0.1) is 0 Å². The number of hydrogen-bond acceptors (Lipinski definition) is 21. The number of phenolic OH excluding ortho intramolecular Hbond substituents is 4.